The molecule has 0 spiro atoms. The fourth-order valence-corrected chi connectivity index (χ4v) is 1.24. The van der Waals surface area contributed by atoms with Crippen molar-refractivity contribution in [3.63, 3.8) is 0 Å². The quantitative estimate of drug-likeness (QED) is 0.379. The van der Waals surface area contributed by atoms with Gasteiger partial charge in [0.05, 0.1) is 19.4 Å². The van der Waals surface area contributed by atoms with Crippen molar-refractivity contribution in [2.24, 2.45) is 5.92 Å². The number of carbonyl (C=O) groups is 2. The summed E-state index contributed by atoms with van der Waals surface area (Å²) >= 11 is 0. The molecular weight excluding hydrogens is 232 g/mol. The minimum absolute atomic E-state index is 0.00896. The summed E-state index contributed by atoms with van der Waals surface area (Å²) in [5, 5.41) is 0. The third kappa shape index (κ3) is 9.71. The Morgan fingerprint density at radius 1 is 1.17 bits per heavy atom. The van der Waals surface area contributed by atoms with E-state index in [9.17, 15) is 9.59 Å². The molecule has 0 saturated heterocycles. The Kier molecular flexibility index (Phi) is 8.73. The molecule has 0 aliphatic heterocycles. The Morgan fingerprint density at radius 3 is 2.33 bits per heavy atom. The van der Waals surface area contributed by atoms with Crippen LogP contribution in [0.1, 0.15) is 46.5 Å². The van der Waals surface area contributed by atoms with Gasteiger partial charge < -0.3 is 9.47 Å². The van der Waals surface area contributed by atoms with Crippen LogP contribution in [0, 0.1) is 18.3 Å². The molecule has 0 aliphatic carbocycles. The maximum absolute atomic E-state index is 11.3. The van der Waals surface area contributed by atoms with Gasteiger partial charge in [-0.25, -0.2) is 0 Å². The SMILES string of the molecule is C#CC(C)OC(=O)CCC(=O)OCCCC(C)C. The summed E-state index contributed by atoms with van der Waals surface area (Å²) in [4.78, 5) is 22.5. The number of hydrogen-bond acceptors (Lipinski definition) is 4. The summed E-state index contributed by atoms with van der Waals surface area (Å²) in [6, 6.07) is 0. The number of ether oxygens (including phenoxy) is 2. The molecule has 18 heavy (non-hydrogen) atoms. The molecule has 0 amide bonds. The molecule has 0 heterocycles. The van der Waals surface area contributed by atoms with E-state index in [0.29, 0.717) is 12.5 Å². The van der Waals surface area contributed by atoms with Crippen LogP contribution in [-0.4, -0.2) is 24.6 Å². The maximum Gasteiger partial charge on any atom is 0.307 e. The summed E-state index contributed by atoms with van der Waals surface area (Å²) in [6.07, 6.45) is 6.43. The predicted octanol–water partition coefficient (Wildman–Crippen LogP) is 2.31. The number of terminal acetylenes is 1. The molecule has 4 nitrogen and oxygen atoms in total. The van der Waals surface area contributed by atoms with Gasteiger partial charge in [-0.2, -0.15) is 0 Å². The maximum atomic E-state index is 11.3. The third-order valence-corrected chi connectivity index (χ3v) is 2.27. The summed E-state index contributed by atoms with van der Waals surface area (Å²) < 4.78 is 9.81. The van der Waals surface area contributed by atoms with E-state index in [-0.39, 0.29) is 18.8 Å². The van der Waals surface area contributed by atoms with Crippen molar-refractivity contribution in [2.45, 2.75) is 52.6 Å². The first-order valence-electron chi connectivity index (χ1n) is 6.27. The lowest BCUT2D eigenvalue weighted by Gasteiger charge is -2.08. The van der Waals surface area contributed by atoms with Crippen LogP contribution < -0.4 is 0 Å². The first kappa shape index (κ1) is 16.5. The van der Waals surface area contributed by atoms with Gasteiger partial charge in [-0.1, -0.05) is 19.8 Å². The van der Waals surface area contributed by atoms with Crippen LogP contribution in [0.3, 0.4) is 0 Å². The topological polar surface area (TPSA) is 52.6 Å². The first-order chi connectivity index (χ1) is 8.45. The van der Waals surface area contributed by atoms with E-state index < -0.39 is 12.1 Å². The zero-order valence-electron chi connectivity index (χ0n) is 11.4. The van der Waals surface area contributed by atoms with E-state index in [0.717, 1.165) is 12.8 Å². The highest BCUT2D eigenvalue weighted by Crippen LogP contribution is 2.04. The van der Waals surface area contributed by atoms with Gasteiger partial charge >= 0.3 is 11.9 Å². The van der Waals surface area contributed by atoms with Crippen molar-refractivity contribution in [1.29, 1.82) is 0 Å². The lowest BCUT2D eigenvalue weighted by molar-refractivity contribution is -0.151. The zero-order chi connectivity index (χ0) is 14.0. The lowest BCUT2D eigenvalue weighted by atomic mass is 10.1. The second kappa shape index (κ2) is 9.52. The molecule has 102 valence electrons. The van der Waals surface area contributed by atoms with Crippen LogP contribution in [0.25, 0.3) is 0 Å². The second-order valence-corrected chi connectivity index (χ2v) is 4.56. The van der Waals surface area contributed by atoms with Crippen LogP contribution in [-0.2, 0) is 19.1 Å². The highest BCUT2D eigenvalue weighted by molar-refractivity contribution is 5.77. The van der Waals surface area contributed by atoms with Crippen LogP contribution >= 0.6 is 0 Å². The van der Waals surface area contributed by atoms with Gasteiger partial charge in [0.25, 0.3) is 0 Å². The summed E-state index contributed by atoms with van der Waals surface area (Å²) in [6.45, 7) is 6.24. The summed E-state index contributed by atoms with van der Waals surface area (Å²) in [5.74, 6) is 2.03. The van der Waals surface area contributed by atoms with Gasteiger partial charge in [-0.3, -0.25) is 9.59 Å². The Morgan fingerprint density at radius 2 is 1.78 bits per heavy atom. The first-order valence-corrected chi connectivity index (χ1v) is 6.27. The average molecular weight is 254 g/mol. The monoisotopic (exact) mass is 254 g/mol. The fourth-order valence-electron chi connectivity index (χ4n) is 1.24. The van der Waals surface area contributed by atoms with Crippen LogP contribution in [0.5, 0.6) is 0 Å². The molecule has 0 rings (SSSR count). The number of hydrogen-bond donors (Lipinski definition) is 0. The Balaban J connectivity index is 3.59. The smallest absolute Gasteiger partial charge is 0.307 e. The Hall–Kier alpha value is -1.50. The second-order valence-electron chi connectivity index (χ2n) is 4.56. The lowest BCUT2D eigenvalue weighted by Crippen LogP contribution is -2.15. The highest BCUT2D eigenvalue weighted by Gasteiger charge is 2.11. The minimum Gasteiger partial charge on any atom is -0.466 e. The average Bonchev–Trinajstić information content (AvgIpc) is 2.31. The van der Waals surface area contributed by atoms with E-state index in [1.54, 1.807) is 6.92 Å². The van der Waals surface area contributed by atoms with E-state index in [2.05, 4.69) is 19.8 Å². The molecule has 0 radical (unpaired) electrons. The molecule has 1 atom stereocenters. The number of rotatable bonds is 8. The third-order valence-electron chi connectivity index (χ3n) is 2.27. The molecule has 1 unspecified atom stereocenters. The summed E-state index contributed by atoms with van der Waals surface area (Å²) in [5.41, 5.74) is 0. The van der Waals surface area contributed by atoms with Gasteiger partial charge in [-0.15, -0.1) is 6.42 Å². The molecule has 0 aromatic rings. The van der Waals surface area contributed by atoms with E-state index in [1.165, 1.54) is 0 Å². The van der Waals surface area contributed by atoms with Crippen molar-refractivity contribution < 1.29 is 19.1 Å². The normalized spacial score (nSPS) is 11.7. The largest absolute Gasteiger partial charge is 0.466 e. The number of carbonyl (C=O) groups excluding carboxylic acids is 2. The van der Waals surface area contributed by atoms with Crippen molar-refractivity contribution in [1.82, 2.24) is 0 Å². The molecule has 0 saturated carbocycles. The Labute approximate surface area is 109 Å². The molecule has 0 aromatic heterocycles. The molecular formula is C14H22O4. The van der Waals surface area contributed by atoms with Crippen LogP contribution in [0.4, 0.5) is 0 Å². The zero-order valence-corrected chi connectivity index (χ0v) is 11.4. The van der Waals surface area contributed by atoms with E-state index in [4.69, 9.17) is 15.9 Å². The van der Waals surface area contributed by atoms with Gasteiger partial charge in [-0.05, 0) is 25.7 Å². The molecule has 0 N–H and O–H groups in total. The highest BCUT2D eigenvalue weighted by atomic mass is 16.5. The minimum atomic E-state index is -0.556. The van der Waals surface area contributed by atoms with Gasteiger partial charge in [0.2, 0.25) is 0 Å². The fraction of sp³-hybridized carbons (Fsp3) is 0.714. The van der Waals surface area contributed by atoms with Crippen LogP contribution in [0.15, 0.2) is 0 Å². The van der Waals surface area contributed by atoms with Gasteiger partial charge in [0.15, 0.2) is 6.10 Å². The van der Waals surface area contributed by atoms with Crippen molar-refractivity contribution in [2.75, 3.05) is 6.61 Å². The van der Waals surface area contributed by atoms with Gasteiger partial charge in [0, 0.05) is 0 Å². The Bertz CT molecular complexity index is 301. The summed E-state index contributed by atoms with van der Waals surface area (Å²) in [7, 11) is 0. The predicted molar refractivity (Wildman–Crippen MR) is 68.7 cm³/mol. The molecule has 0 bridgehead atoms. The molecule has 4 heteroatoms. The van der Waals surface area contributed by atoms with E-state index in [1.807, 2.05) is 0 Å². The standard InChI is InChI=1S/C14H22O4/c1-5-12(4)18-14(16)9-8-13(15)17-10-6-7-11(2)3/h1,11-12H,6-10H2,2-4H3. The molecule has 0 aromatic carbocycles. The molecule has 0 fully saturated rings. The van der Waals surface area contributed by atoms with Crippen molar-refractivity contribution >= 4 is 11.9 Å². The van der Waals surface area contributed by atoms with Crippen molar-refractivity contribution in [3.8, 4) is 12.3 Å². The van der Waals surface area contributed by atoms with E-state index >= 15 is 0 Å². The number of esters is 2. The van der Waals surface area contributed by atoms with Crippen molar-refractivity contribution in [3.05, 3.63) is 0 Å². The van der Waals surface area contributed by atoms with Crippen LogP contribution in [0.2, 0.25) is 0 Å². The molecule has 0 aliphatic rings. The van der Waals surface area contributed by atoms with Gasteiger partial charge in [0.1, 0.15) is 0 Å².